The van der Waals surface area contributed by atoms with Gasteiger partial charge in [0.05, 0.1) is 11.4 Å². The largest absolute Gasteiger partial charge is 0.355 e. The Bertz CT molecular complexity index is 1050. The van der Waals surface area contributed by atoms with E-state index in [1.54, 1.807) is 6.20 Å². The number of hydrogen-bond donors (Lipinski definition) is 2. The number of thioether (sulfide) groups is 1. The summed E-state index contributed by atoms with van der Waals surface area (Å²) in [4.78, 5) is 28.7. The van der Waals surface area contributed by atoms with Gasteiger partial charge in [0, 0.05) is 35.5 Å². The Morgan fingerprint density at radius 3 is 2.70 bits per heavy atom. The van der Waals surface area contributed by atoms with Gasteiger partial charge in [-0.15, -0.1) is 0 Å². The number of halogens is 1. The maximum Gasteiger partial charge on any atom is 0.230 e. The Balaban J connectivity index is 1.45. The van der Waals surface area contributed by atoms with Crippen molar-refractivity contribution in [2.45, 2.75) is 25.4 Å². The van der Waals surface area contributed by atoms with Gasteiger partial charge >= 0.3 is 0 Å². The number of rotatable bonds is 8. The molecule has 3 rings (SSSR count). The number of anilines is 1. The number of nitrogens with zero attached hydrogens (tertiary/aromatic N) is 2. The molecule has 30 heavy (non-hydrogen) atoms. The SMILES string of the molecule is Cc1ccc(Br)cc1NC(=O)CCNC(=O)CSc1nccn1-c1ccccc1C. The number of aromatic nitrogens is 2. The first-order chi connectivity index (χ1) is 14.4. The molecule has 3 aromatic rings. The summed E-state index contributed by atoms with van der Waals surface area (Å²) in [6.45, 7) is 4.25. The van der Waals surface area contributed by atoms with Crippen molar-refractivity contribution in [3.63, 3.8) is 0 Å². The molecule has 2 aromatic carbocycles. The highest BCUT2D eigenvalue weighted by molar-refractivity contribution is 9.10. The number of imidazole rings is 1. The van der Waals surface area contributed by atoms with Crippen molar-refractivity contribution in [2.24, 2.45) is 0 Å². The van der Waals surface area contributed by atoms with Crippen LogP contribution >= 0.6 is 27.7 Å². The van der Waals surface area contributed by atoms with Crippen LogP contribution in [0.25, 0.3) is 5.69 Å². The molecule has 0 bridgehead atoms. The van der Waals surface area contributed by atoms with Gasteiger partial charge in [0.25, 0.3) is 0 Å². The highest BCUT2D eigenvalue weighted by atomic mass is 79.9. The van der Waals surface area contributed by atoms with Crippen LogP contribution in [0.3, 0.4) is 0 Å². The van der Waals surface area contributed by atoms with Crippen LogP contribution in [-0.4, -0.2) is 33.7 Å². The average Bonchev–Trinajstić information content (AvgIpc) is 3.18. The molecule has 1 heterocycles. The van der Waals surface area contributed by atoms with Crippen molar-refractivity contribution in [1.82, 2.24) is 14.9 Å². The van der Waals surface area contributed by atoms with Crippen molar-refractivity contribution in [1.29, 1.82) is 0 Å². The molecule has 0 unspecified atom stereocenters. The topological polar surface area (TPSA) is 76.0 Å². The average molecular weight is 487 g/mol. The van der Waals surface area contributed by atoms with Crippen LogP contribution in [0.4, 0.5) is 5.69 Å². The number of hydrogen-bond acceptors (Lipinski definition) is 4. The highest BCUT2D eigenvalue weighted by Gasteiger charge is 2.11. The molecule has 0 saturated carbocycles. The van der Waals surface area contributed by atoms with Crippen molar-refractivity contribution < 1.29 is 9.59 Å². The van der Waals surface area contributed by atoms with Gasteiger partial charge in [0.1, 0.15) is 0 Å². The molecule has 2 amide bonds. The second-order valence-corrected chi connectivity index (χ2v) is 8.62. The van der Waals surface area contributed by atoms with Crippen LogP contribution in [0, 0.1) is 13.8 Å². The number of aryl methyl sites for hydroxylation is 2. The van der Waals surface area contributed by atoms with Gasteiger partial charge in [-0.3, -0.25) is 14.2 Å². The summed E-state index contributed by atoms with van der Waals surface area (Å²) in [6.07, 6.45) is 3.82. The van der Waals surface area contributed by atoms with E-state index < -0.39 is 0 Å². The van der Waals surface area contributed by atoms with Gasteiger partial charge in [-0.1, -0.05) is 52.0 Å². The minimum atomic E-state index is -0.140. The third-order valence-electron chi connectivity index (χ3n) is 4.46. The van der Waals surface area contributed by atoms with Gasteiger partial charge < -0.3 is 10.6 Å². The summed E-state index contributed by atoms with van der Waals surface area (Å²) in [6, 6.07) is 13.7. The predicted octanol–water partition coefficient (Wildman–Crippen LogP) is 4.49. The zero-order valence-corrected chi connectivity index (χ0v) is 19.2. The van der Waals surface area contributed by atoms with Crippen LogP contribution < -0.4 is 10.6 Å². The first-order valence-corrected chi connectivity index (χ1v) is 11.3. The lowest BCUT2D eigenvalue weighted by atomic mass is 10.2. The van der Waals surface area contributed by atoms with E-state index in [-0.39, 0.29) is 30.5 Å². The fourth-order valence-electron chi connectivity index (χ4n) is 2.85. The Labute approximate surface area is 188 Å². The van der Waals surface area contributed by atoms with E-state index in [4.69, 9.17) is 0 Å². The third kappa shape index (κ3) is 5.96. The summed E-state index contributed by atoms with van der Waals surface area (Å²) in [7, 11) is 0. The normalized spacial score (nSPS) is 10.6. The van der Waals surface area contributed by atoms with E-state index >= 15 is 0 Å². The molecule has 0 fully saturated rings. The van der Waals surface area contributed by atoms with E-state index in [0.717, 1.165) is 32.1 Å². The van der Waals surface area contributed by atoms with E-state index in [2.05, 4.69) is 31.5 Å². The molecule has 0 aliphatic heterocycles. The van der Waals surface area contributed by atoms with Crippen LogP contribution in [0.5, 0.6) is 0 Å². The lowest BCUT2D eigenvalue weighted by Gasteiger charge is -2.11. The van der Waals surface area contributed by atoms with E-state index in [1.165, 1.54) is 11.8 Å². The van der Waals surface area contributed by atoms with Gasteiger partial charge in [0.2, 0.25) is 11.8 Å². The van der Waals surface area contributed by atoms with Gasteiger partial charge in [-0.25, -0.2) is 4.98 Å². The summed E-state index contributed by atoms with van der Waals surface area (Å²) >= 11 is 4.76. The van der Waals surface area contributed by atoms with Crippen molar-refractivity contribution in [2.75, 3.05) is 17.6 Å². The van der Waals surface area contributed by atoms with Crippen molar-refractivity contribution in [3.8, 4) is 5.69 Å². The lowest BCUT2D eigenvalue weighted by molar-refractivity contribution is -0.119. The maximum atomic E-state index is 12.2. The van der Waals surface area contributed by atoms with Crippen molar-refractivity contribution in [3.05, 3.63) is 70.5 Å². The molecule has 0 atom stereocenters. The minimum absolute atomic E-state index is 0.134. The molecule has 1 aromatic heterocycles. The Morgan fingerprint density at radius 2 is 1.90 bits per heavy atom. The molecule has 2 N–H and O–H groups in total. The zero-order chi connectivity index (χ0) is 21.5. The molecule has 0 spiro atoms. The van der Waals surface area contributed by atoms with Crippen LogP contribution in [-0.2, 0) is 9.59 Å². The molecular weight excluding hydrogens is 464 g/mol. The summed E-state index contributed by atoms with van der Waals surface area (Å²) in [5, 5.41) is 6.41. The van der Waals surface area contributed by atoms with Crippen LogP contribution in [0.15, 0.2) is 64.5 Å². The first kappa shape index (κ1) is 22.1. The number of amides is 2. The summed E-state index contributed by atoms with van der Waals surface area (Å²) < 4.78 is 2.87. The predicted molar refractivity (Wildman–Crippen MR) is 124 cm³/mol. The number of carbonyl (C=O) groups excluding carboxylic acids is 2. The monoisotopic (exact) mass is 486 g/mol. The fourth-order valence-corrected chi connectivity index (χ4v) is 4.01. The fraction of sp³-hybridized carbons (Fsp3) is 0.227. The Morgan fingerprint density at radius 1 is 1.10 bits per heavy atom. The highest BCUT2D eigenvalue weighted by Crippen LogP contribution is 2.22. The maximum absolute atomic E-state index is 12.2. The molecule has 8 heteroatoms. The number of carbonyl (C=O) groups is 2. The summed E-state index contributed by atoms with van der Waals surface area (Å²) in [5.41, 5.74) is 3.92. The zero-order valence-electron chi connectivity index (χ0n) is 16.8. The standard InChI is InChI=1S/C22H23BrN4O2S/c1-15-7-8-17(23)13-18(15)26-20(28)9-10-24-21(29)14-30-22-25-11-12-27(22)19-6-4-3-5-16(19)2/h3-8,11-13H,9-10,14H2,1-2H3,(H,24,29)(H,26,28). The van der Waals surface area contributed by atoms with Crippen LogP contribution in [0.2, 0.25) is 0 Å². The van der Waals surface area contributed by atoms with E-state index in [1.807, 2.05) is 67.1 Å². The Hall–Kier alpha value is -2.58. The summed E-state index contributed by atoms with van der Waals surface area (Å²) in [5.74, 6) is -0.0417. The number of para-hydroxylation sites is 1. The molecule has 156 valence electrons. The van der Waals surface area contributed by atoms with Gasteiger partial charge in [-0.05, 0) is 43.2 Å². The lowest BCUT2D eigenvalue weighted by Crippen LogP contribution is -2.29. The van der Waals surface area contributed by atoms with Gasteiger partial charge in [0.15, 0.2) is 5.16 Å². The third-order valence-corrected chi connectivity index (χ3v) is 5.92. The molecule has 0 saturated heterocycles. The Kier molecular flexibility index (Phi) is 7.70. The second-order valence-electron chi connectivity index (χ2n) is 6.76. The molecule has 0 radical (unpaired) electrons. The molecule has 6 nitrogen and oxygen atoms in total. The second kappa shape index (κ2) is 10.4. The number of benzene rings is 2. The van der Waals surface area contributed by atoms with Crippen molar-refractivity contribution >= 4 is 45.2 Å². The van der Waals surface area contributed by atoms with Crippen LogP contribution in [0.1, 0.15) is 17.5 Å². The molecule has 0 aliphatic carbocycles. The molecule has 0 aliphatic rings. The smallest absolute Gasteiger partial charge is 0.230 e. The number of nitrogens with one attached hydrogen (secondary N) is 2. The molecular formula is C22H23BrN4O2S. The minimum Gasteiger partial charge on any atom is -0.355 e. The van der Waals surface area contributed by atoms with Gasteiger partial charge in [-0.2, -0.15) is 0 Å². The van der Waals surface area contributed by atoms with E-state index in [9.17, 15) is 9.59 Å². The first-order valence-electron chi connectivity index (χ1n) is 9.49. The quantitative estimate of drug-likeness (QED) is 0.460. The van der Waals surface area contributed by atoms with E-state index in [0.29, 0.717) is 0 Å².